The Morgan fingerprint density at radius 1 is 1.08 bits per heavy atom. The fourth-order valence-corrected chi connectivity index (χ4v) is 2.40. The van der Waals surface area contributed by atoms with Gasteiger partial charge in [0.2, 0.25) is 0 Å². The molecular weight excluding hydrogens is 346 g/mol. The largest absolute Gasteiger partial charge is 0.497 e. The molecule has 0 radical (unpaired) electrons. The Balaban J connectivity index is 1.99. The molecule has 2 rings (SSSR count). The molecule has 0 saturated carbocycles. The van der Waals surface area contributed by atoms with Crippen molar-refractivity contribution in [1.29, 1.82) is 0 Å². The van der Waals surface area contributed by atoms with E-state index >= 15 is 0 Å². The second-order valence-corrected chi connectivity index (χ2v) is 5.29. The van der Waals surface area contributed by atoms with Crippen LogP contribution in [0, 0.1) is 0 Å². The van der Waals surface area contributed by atoms with Gasteiger partial charge in [0, 0.05) is 11.6 Å². The predicted octanol–water partition coefficient (Wildman–Crippen LogP) is 4.01. The lowest BCUT2D eigenvalue weighted by Crippen LogP contribution is -2.10. The van der Waals surface area contributed by atoms with Gasteiger partial charge in [-0.25, -0.2) is 0 Å². The SMILES string of the molecule is CCOc1cc(C=NO)cc(Cl)c1OCCOc1cccc(OC)c1. The zero-order chi connectivity index (χ0) is 18.1. The van der Waals surface area contributed by atoms with Gasteiger partial charge in [0.25, 0.3) is 0 Å². The third kappa shape index (κ3) is 5.46. The van der Waals surface area contributed by atoms with Gasteiger partial charge in [-0.3, -0.25) is 0 Å². The predicted molar refractivity (Wildman–Crippen MR) is 96.0 cm³/mol. The summed E-state index contributed by atoms with van der Waals surface area (Å²) in [6.45, 7) is 2.92. The average Bonchev–Trinajstić information content (AvgIpc) is 2.61. The third-order valence-corrected chi connectivity index (χ3v) is 3.46. The van der Waals surface area contributed by atoms with Gasteiger partial charge in [0.05, 0.1) is 25.0 Å². The molecule has 134 valence electrons. The topological polar surface area (TPSA) is 69.5 Å². The van der Waals surface area contributed by atoms with Crippen LogP contribution < -0.4 is 18.9 Å². The highest BCUT2D eigenvalue weighted by Gasteiger charge is 2.12. The van der Waals surface area contributed by atoms with Gasteiger partial charge in [-0.05, 0) is 31.2 Å². The number of nitrogens with zero attached hydrogens (tertiary/aromatic N) is 1. The zero-order valence-corrected chi connectivity index (χ0v) is 14.8. The van der Waals surface area contributed by atoms with Crippen LogP contribution in [0.3, 0.4) is 0 Å². The molecule has 7 heteroatoms. The smallest absolute Gasteiger partial charge is 0.179 e. The Morgan fingerprint density at radius 3 is 2.56 bits per heavy atom. The Morgan fingerprint density at radius 2 is 1.84 bits per heavy atom. The Labute approximate surface area is 151 Å². The van der Waals surface area contributed by atoms with Gasteiger partial charge in [-0.2, -0.15) is 0 Å². The first kappa shape index (κ1) is 18.7. The number of halogens is 1. The molecule has 0 fully saturated rings. The van der Waals surface area contributed by atoms with Gasteiger partial charge < -0.3 is 24.2 Å². The van der Waals surface area contributed by atoms with E-state index in [1.165, 1.54) is 6.21 Å². The first-order valence-corrected chi connectivity index (χ1v) is 8.09. The van der Waals surface area contributed by atoms with Gasteiger partial charge in [-0.1, -0.05) is 22.8 Å². The minimum Gasteiger partial charge on any atom is -0.497 e. The van der Waals surface area contributed by atoms with Gasteiger partial charge in [0.1, 0.15) is 24.7 Å². The molecule has 0 aliphatic carbocycles. The summed E-state index contributed by atoms with van der Waals surface area (Å²) in [7, 11) is 1.60. The number of benzene rings is 2. The normalized spacial score (nSPS) is 10.7. The van der Waals surface area contributed by atoms with E-state index in [9.17, 15) is 0 Å². The van der Waals surface area contributed by atoms with E-state index in [0.29, 0.717) is 41.0 Å². The Bertz CT molecular complexity index is 721. The van der Waals surface area contributed by atoms with Crippen LogP contribution in [0.5, 0.6) is 23.0 Å². The summed E-state index contributed by atoms with van der Waals surface area (Å²) in [6.07, 6.45) is 1.27. The molecule has 2 aromatic carbocycles. The summed E-state index contributed by atoms with van der Waals surface area (Å²) < 4.78 is 22.0. The van der Waals surface area contributed by atoms with E-state index in [1.54, 1.807) is 25.3 Å². The molecule has 0 saturated heterocycles. The summed E-state index contributed by atoms with van der Waals surface area (Å²) in [5, 5.41) is 12.0. The molecule has 0 spiro atoms. The van der Waals surface area contributed by atoms with E-state index < -0.39 is 0 Å². The number of methoxy groups -OCH3 is 1. The summed E-state index contributed by atoms with van der Waals surface area (Å²) in [6, 6.07) is 10.6. The second-order valence-electron chi connectivity index (χ2n) is 4.88. The van der Waals surface area contributed by atoms with Crippen molar-refractivity contribution in [3.63, 3.8) is 0 Å². The highest BCUT2D eigenvalue weighted by Crippen LogP contribution is 2.36. The van der Waals surface area contributed by atoms with Crippen molar-refractivity contribution < 1.29 is 24.2 Å². The average molecular weight is 366 g/mol. The van der Waals surface area contributed by atoms with Crippen LogP contribution in [-0.2, 0) is 0 Å². The quantitative estimate of drug-likeness (QED) is 0.314. The van der Waals surface area contributed by atoms with E-state index in [1.807, 2.05) is 25.1 Å². The van der Waals surface area contributed by atoms with Crippen LogP contribution in [0.15, 0.2) is 41.6 Å². The van der Waals surface area contributed by atoms with Crippen LogP contribution in [0.2, 0.25) is 5.02 Å². The molecule has 0 bridgehead atoms. The molecule has 0 amide bonds. The molecule has 0 heterocycles. The van der Waals surface area contributed by atoms with Crippen molar-refractivity contribution in [2.45, 2.75) is 6.92 Å². The zero-order valence-electron chi connectivity index (χ0n) is 14.1. The van der Waals surface area contributed by atoms with Crippen LogP contribution in [0.1, 0.15) is 12.5 Å². The Hall–Kier alpha value is -2.60. The van der Waals surface area contributed by atoms with E-state index in [2.05, 4.69) is 5.16 Å². The van der Waals surface area contributed by atoms with E-state index in [4.69, 9.17) is 35.8 Å². The van der Waals surface area contributed by atoms with Crippen molar-refractivity contribution in [1.82, 2.24) is 0 Å². The molecule has 6 nitrogen and oxygen atoms in total. The number of hydrogen-bond acceptors (Lipinski definition) is 6. The summed E-state index contributed by atoms with van der Waals surface area (Å²) in [5.41, 5.74) is 0.607. The van der Waals surface area contributed by atoms with Crippen molar-refractivity contribution in [3.05, 3.63) is 47.0 Å². The van der Waals surface area contributed by atoms with Crippen LogP contribution in [0.4, 0.5) is 0 Å². The minimum absolute atomic E-state index is 0.282. The summed E-state index contributed by atoms with van der Waals surface area (Å²) in [4.78, 5) is 0. The minimum atomic E-state index is 0.282. The molecule has 0 aliphatic heterocycles. The second kappa shape index (κ2) is 9.64. The first-order chi connectivity index (χ1) is 12.2. The first-order valence-electron chi connectivity index (χ1n) is 7.71. The number of ether oxygens (including phenoxy) is 4. The van der Waals surface area contributed by atoms with Crippen LogP contribution in [-0.4, -0.2) is 38.4 Å². The third-order valence-electron chi connectivity index (χ3n) is 3.18. The maximum absolute atomic E-state index is 8.65. The van der Waals surface area contributed by atoms with Crippen LogP contribution >= 0.6 is 11.6 Å². The molecule has 0 aromatic heterocycles. The molecule has 1 N–H and O–H groups in total. The maximum atomic E-state index is 8.65. The number of hydrogen-bond donors (Lipinski definition) is 1. The highest BCUT2D eigenvalue weighted by molar-refractivity contribution is 6.32. The van der Waals surface area contributed by atoms with E-state index in [-0.39, 0.29) is 6.61 Å². The van der Waals surface area contributed by atoms with Crippen LogP contribution in [0.25, 0.3) is 0 Å². The molecule has 2 aromatic rings. The number of oxime groups is 1. The van der Waals surface area contributed by atoms with Crippen molar-refractivity contribution in [2.75, 3.05) is 26.9 Å². The maximum Gasteiger partial charge on any atom is 0.179 e. The van der Waals surface area contributed by atoms with Gasteiger partial charge in [-0.15, -0.1) is 0 Å². The van der Waals surface area contributed by atoms with Gasteiger partial charge >= 0.3 is 0 Å². The summed E-state index contributed by atoms with van der Waals surface area (Å²) >= 11 is 6.24. The fourth-order valence-electron chi connectivity index (χ4n) is 2.13. The fraction of sp³-hybridized carbons (Fsp3) is 0.278. The molecule has 0 aliphatic rings. The van der Waals surface area contributed by atoms with Crippen molar-refractivity contribution in [2.24, 2.45) is 5.16 Å². The number of rotatable bonds is 9. The molecular formula is C18H20ClNO5. The molecule has 25 heavy (non-hydrogen) atoms. The van der Waals surface area contributed by atoms with E-state index in [0.717, 1.165) is 5.75 Å². The lowest BCUT2D eigenvalue weighted by Gasteiger charge is -2.15. The lowest BCUT2D eigenvalue weighted by molar-refractivity contribution is 0.208. The van der Waals surface area contributed by atoms with Crippen molar-refractivity contribution in [3.8, 4) is 23.0 Å². The molecule has 0 unspecified atom stereocenters. The standard InChI is InChI=1S/C18H20ClNO5/c1-3-23-17-10-13(12-20-21)9-16(19)18(17)25-8-7-24-15-6-4-5-14(11-15)22-2/h4-6,9-12,21H,3,7-8H2,1-2H3. The monoisotopic (exact) mass is 365 g/mol. The van der Waals surface area contributed by atoms with Gasteiger partial charge in [0.15, 0.2) is 11.5 Å². The Kier molecular flexibility index (Phi) is 7.22. The molecule has 0 atom stereocenters. The van der Waals surface area contributed by atoms with Crippen molar-refractivity contribution >= 4 is 17.8 Å². The highest BCUT2D eigenvalue weighted by atomic mass is 35.5. The lowest BCUT2D eigenvalue weighted by atomic mass is 10.2. The summed E-state index contributed by atoms with van der Waals surface area (Å²) in [5.74, 6) is 2.31.